The van der Waals surface area contributed by atoms with E-state index in [0.717, 1.165) is 19.3 Å². The summed E-state index contributed by atoms with van der Waals surface area (Å²) in [4.78, 5) is 22.3. The van der Waals surface area contributed by atoms with Gasteiger partial charge in [-0.3, -0.25) is 4.79 Å². The molecule has 0 aromatic carbocycles. The van der Waals surface area contributed by atoms with Crippen LogP contribution >= 0.6 is 0 Å². The van der Waals surface area contributed by atoms with Gasteiger partial charge in [0.1, 0.15) is 0 Å². The second-order valence-electron chi connectivity index (χ2n) is 5.28. The summed E-state index contributed by atoms with van der Waals surface area (Å²) in [6.45, 7) is 2.40. The van der Waals surface area contributed by atoms with Crippen LogP contribution < -0.4 is 10.6 Å². The molecule has 19 heavy (non-hydrogen) atoms. The largest absolute Gasteiger partial charge is 0.481 e. The summed E-state index contributed by atoms with van der Waals surface area (Å²) in [5.41, 5.74) is 0. The van der Waals surface area contributed by atoms with E-state index in [1.165, 1.54) is 13.5 Å². The summed E-state index contributed by atoms with van der Waals surface area (Å²) in [5, 5.41) is 14.3. The summed E-state index contributed by atoms with van der Waals surface area (Å²) in [7, 11) is 1.44. The smallest absolute Gasteiger partial charge is 0.315 e. The number of carbonyl (C=O) groups is 2. The molecule has 0 heterocycles. The van der Waals surface area contributed by atoms with Crippen LogP contribution in [0, 0.1) is 5.92 Å². The van der Waals surface area contributed by atoms with Gasteiger partial charge in [0.25, 0.3) is 0 Å². The molecule has 3 N–H and O–H groups in total. The van der Waals surface area contributed by atoms with E-state index in [9.17, 15) is 9.59 Å². The zero-order valence-corrected chi connectivity index (χ0v) is 11.6. The highest BCUT2D eigenvalue weighted by molar-refractivity contribution is 5.74. The van der Waals surface area contributed by atoms with Crippen LogP contribution in [0.2, 0.25) is 0 Å². The molecule has 0 saturated heterocycles. The first-order valence-electron chi connectivity index (χ1n) is 6.80. The Kier molecular flexibility index (Phi) is 6.62. The van der Waals surface area contributed by atoms with Crippen LogP contribution in [0.25, 0.3) is 0 Å². The minimum absolute atomic E-state index is 0.114. The molecule has 1 saturated carbocycles. The van der Waals surface area contributed by atoms with Gasteiger partial charge in [-0.2, -0.15) is 0 Å². The number of nitrogens with one attached hydrogen (secondary N) is 2. The van der Waals surface area contributed by atoms with Crippen LogP contribution in [0.15, 0.2) is 0 Å². The van der Waals surface area contributed by atoms with Gasteiger partial charge in [0.05, 0.1) is 12.5 Å². The van der Waals surface area contributed by atoms with E-state index in [4.69, 9.17) is 9.84 Å². The maximum Gasteiger partial charge on any atom is 0.315 e. The van der Waals surface area contributed by atoms with Crippen LogP contribution in [0.3, 0.4) is 0 Å². The molecule has 6 heteroatoms. The van der Waals surface area contributed by atoms with Crippen molar-refractivity contribution in [1.82, 2.24) is 10.6 Å². The molecule has 0 aliphatic heterocycles. The minimum Gasteiger partial charge on any atom is -0.481 e. The summed E-state index contributed by atoms with van der Waals surface area (Å²) in [6.07, 6.45) is 3.79. The van der Waals surface area contributed by atoms with E-state index in [1.54, 1.807) is 0 Å². The third-order valence-corrected chi connectivity index (χ3v) is 3.50. The van der Waals surface area contributed by atoms with Crippen molar-refractivity contribution in [1.29, 1.82) is 0 Å². The van der Waals surface area contributed by atoms with Gasteiger partial charge >= 0.3 is 12.0 Å². The molecule has 0 radical (unpaired) electrons. The lowest BCUT2D eigenvalue weighted by molar-refractivity contribution is -0.139. The van der Waals surface area contributed by atoms with Crippen molar-refractivity contribution >= 4 is 12.0 Å². The fraction of sp³-hybridized carbons (Fsp3) is 0.846. The zero-order chi connectivity index (χ0) is 14.3. The molecule has 1 aliphatic rings. The second kappa shape index (κ2) is 7.99. The summed E-state index contributed by atoms with van der Waals surface area (Å²) < 4.78 is 5.00. The molecular weight excluding hydrogens is 248 g/mol. The number of rotatable bonds is 6. The Labute approximate surface area is 113 Å². The van der Waals surface area contributed by atoms with E-state index in [1.807, 2.05) is 0 Å². The molecule has 2 amide bonds. The van der Waals surface area contributed by atoms with E-state index in [2.05, 4.69) is 17.6 Å². The third kappa shape index (κ3) is 6.42. The lowest BCUT2D eigenvalue weighted by Crippen LogP contribution is -2.46. The molecule has 6 nitrogen and oxygen atoms in total. The number of methoxy groups -OCH3 is 1. The van der Waals surface area contributed by atoms with Crippen molar-refractivity contribution in [3.05, 3.63) is 0 Å². The topological polar surface area (TPSA) is 87.7 Å². The fourth-order valence-corrected chi connectivity index (χ4v) is 2.44. The van der Waals surface area contributed by atoms with Crippen LogP contribution in [0.4, 0.5) is 4.79 Å². The van der Waals surface area contributed by atoms with Crippen LogP contribution in [0.5, 0.6) is 0 Å². The minimum atomic E-state index is -0.935. The number of hydrogen-bond donors (Lipinski definition) is 3. The summed E-state index contributed by atoms with van der Waals surface area (Å²) in [5.74, 6) is -0.284. The van der Waals surface area contributed by atoms with Gasteiger partial charge in [0.15, 0.2) is 0 Å². The highest BCUT2D eigenvalue weighted by Crippen LogP contribution is 2.23. The number of amides is 2. The lowest BCUT2D eigenvalue weighted by atomic mass is 9.87. The number of ether oxygens (including phenoxy) is 1. The third-order valence-electron chi connectivity index (χ3n) is 3.50. The highest BCUT2D eigenvalue weighted by atomic mass is 16.5. The SMILES string of the molecule is COC(CNC(=O)NC1CCCC(C)C1)CC(=O)O. The van der Waals surface area contributed by atoms with Gasteiger partial charge in [-0.05, 0) is 18.8 Å². The van der Waals surface area contributed by atoms with E-state index >= 15 is 0 Å². The van der Waals surface area contributed by atoms with E-state index < -0.39 is 12.1 Å². The lowest BCUT2D eigenvalue weighted by Gasteiger charge is -2.27. The van der Waals surface area contributed by atoms with Gasteiger partial charge in [0, 0.05) is 19.7 Å². The van der Waals surface area contributed by atoms with Crippen molar-refractivity contribution < 1.29 is 19.4 Å². The molecule has 1 aliphatic carbocycles. The Morgan fingerprint density at radius 3 is 2.74 bits per heavy atom. The Hall–Kier alpha value is -1.30. The Bertz CT molecular complexity index is 309. The Morgan fingerprint density at radius 1 is 1.42 bits per heavy atom. The number of urea groups is 1. The molecule has 0 aromatic heterocycles. The highest BCUT2D eigenvalue weighted by Gasteiger charge is 2.21. The molecule has 110 valence electrons. The molecule has 0 bridgehead atoms. The molecule has 3 atom stereocenters. The molecule has 0 aromatic rings. The van der Waals surface area contributed by atoms with Gasteiger partial charge < -0.3 is 20.5 Å². The average molecular weight is 272 g/mol. The van der Waals surface area contributed by atoms with Crippen molar-refractivity contribution in [2.75, 3.05) is 13.7 Å². The van der Waals surface area contributed by atoms with Gasteiger partial charge in [0.2, 0.25) is 0 Å². The predicted molar refractivity (Wildman–Crippen MR) is 71.0 cm³/mol. The average Bonchev–Trinajstić information content (AvgIpc) is 2.34. The van der Waals surface area contributed by atoms with Crippen LogP contribution in [-0.4, -0.2) is 42.9 Å². The van der Waals surface area contributed by atoms with Gasteiger partial charge in [-0.25, -0.2) is 4.79 Å². The summed E-state index contributed by atoms with van der Waals surface area (Å²) >= 11 is 0. The monoisotopic (exact) mass is 272 g/mol. The van der Waals surface area contributed by atoms with Crippen molar-refractivity contribution in [2.45, 2.75) is 51.2 Å². The first-order valence-corrected chi connectivity index (χ1v) is 6.80. The maximum absolute atomic E-state index is 11.7. The fourth-order valence-electron chi connectivity index (χ4n) is 2.44. The molecular formula is C13H24N2O4. The van der Waals surface area contributed by atoms with Crippen molar-refractivity contribution in [2.24, 2.45) is 5.92 Å². The number of carboxylic acids is 1. The molecule has 0 spiro atoms. The van der Waals surface area contributed by atoms with E-state index in [0.29, 0.717) is 5.92 Å². The Balaban J connectivity index is 2.24. The normalized spacial score (nSPS) is 24.5. The van der Waals surface area contributed by atoms with Crippen molar-refractivity contribution in [3.63, 3.8) is 0 Å². The first kappa shape index (κ1) is 15.8. The predicted octanol–water partition coefficient (Wildman–Crippen LogP) is 1.35. The number of hydrogen-bond acceptors (Lipinski definition) is 3. The Morgan fingerprint density at radius 2 is 2.16 bits per heavy atom. The van der Waals surface area contributed by atoms with Crippen molar-refractivity contribution in [3.8, 4) is 0 Å². The second-order valence-corrected chi connectivity index (χ2v) is 5.28. The van der Waals surface area contributed by atoms with Gasteiger partial charge in [-0.1, -0.05) is 19.8 Å². The number of aliphatic carboxylic acids is 1. The number of carboxylic acid groups (broad SMARTS) is 1. The first-order chi connectivity index (χ1) is 9.01. The maximum atomic E-state index is 11.7. The molecule has 1 rings (SSSR count). The van der Waals surface area contributed by atoms with E-state index in [-0.39, 0.29) is 25.0 Å². The molecule has 3 unspecified atom stereocenters. The number of carbonyl (C=O) groups excluding carboxylic acids is 1. The zero-order valence-electron chi connectivity index (χ0n) is 11.6. The standard InChI is InChI=1S/C13H24N2O4/c1-9-4-3-5-10(6-9)15-13(18)14-8-11(19-2)7-12(16)17/h9-11H,3-8H2,1-2H3,(H,16,17)(H2,14,15,18). The molecule has 1 fully saturated rings. The summed E-state index contributed by atoms with van der Waals surface area (Å²) in [6, 6.07) is -0.0178. The quantitative estimate of drug-likeness (QED) is 0.681. The van der Waals surface area contributed by atoms with Crippen LogP contribution in [0.1, 0.15) is 39.0 Å². The van der Waals surface area contributed by atoms with Gasteiger partial charge in [-0.15, -0.1) is 0 Å². The van der Waals surface area contributed by atoms with Crippen LogP contribution in [-0.2, 0) is 9.53 Å².